The van der Waals surface area contributed by atoms with E-state index in [-0.39, 0.29) is 4.47 Å². The third-order valence-electron chi connectivity index (χ3n) is 4.35. The van der Waals surface area contributed by atoms with E-state index in [0.717, 1.165) is 11.6 Å². The summed E-state index contributed by atoms with van der Waals surface area (Å²) in [4.78, 5) is 0. The van der Waals surface area contributed by atoms with E-state index in [1.54, 1.807) is 28.9 Å². The lowest BCUT2D eigenvalue weighted by Crippen LogP contribution is -2.29. The van der Waals surface area contributed by atoms with Crippen molar-refractivity contribution in [3.63, 3.8) is 0 Å². The van der Waals surface area contributed by atoms with Gasteiger partial charge >= 0.3 is 6.18 Å². The third-order valence-corrected chi connectivity index (χ3v) is 5.00. The van der Waals surface area contributed by atoms with Gasteiger partial charge in [0.2, 0.25) is 0 Å². The van der Waals surface area contributed by atoms with Crippen LogP contribution in [-0.2, 0) is 11.7 Å². The Bertz CT molecular complexity index is 1080. The van der Waals surface area contributed by atoms with Gasteiger partial charge < -0.3 is 5.32 Å². The van der Waals surface area contributed by atoms with Crippen LogP contribution in [0.4, 0.5) is 18.9 Å². The van der Waals surface area contributed by atoms with Gasteiger partial charge in [0.25, 0.3) is 0 Å². The smallest absolute Gasteiger partial charge is 0.371 e. The zero-order valence-electron chi connectivity index (χ0n) is 16.4. The number of tetrazole rings is 1. The molecule has 1 N–H and O–H groups in total. The van der Waals surface area contributed by atoms with E-state index in [1.165, 1.54) is 12.1 Å². The van der Waals surface area contributed by atoms with Crippen LogP contribution in [0.25, 0.3) is 0 Å². The van der Waals surface area contributed by atoms with Crippen molar-refractivity contribution in [2.75, 3.05) is 5.32 Å². The first-order valence-electron chi connectivity index (χ1n) is 8.93. The van der Waals surface area contributed by atoms with E-state index >= 15 is 0 Å². The summed E-state index contributed by atoms with van der Waals surface area (Å²) in [5, 5.41) is 24.3. The molecule has 3 aromatic rings. The average Bonchev–Trinajstić information content (AvgIpc) is 3.15. The van der Waals surface area contributed by atoms with Gasteiger partial charge in [-0.15, -0.1) is 5.10 Å². The Morgan fingerprint density at radius 1 is 1.10 bits per heavy atom. The van der Waals surface area contributed by atoms with Crippen molar-refractivity contribution in [2.45, 2.75) is 38.5 Å². The monoisotopic (exact) mass is 478 g/mol. The minimum atomic E-state index is -4.46. The highest BCUT2D eigenvalue weighted by atomic mass is 79.9. The van der Waals surface area contributed by atoms with Gasteiger partial charge in [0, 0.05) is 10.2 Å². The minimum absolute atomic E-state index is 0.0750. The number of aromatic nitrogens is 4. The third kappa shape index (κ3) is 4.62. The second-order valence-corrected chi connectivity index (χ2v) is 8.48. The molecule has 6 nitrogen and oxygen atoms in total. The maximum atomic E-state index is 13.1. The fraction of sp³-hybridized carbons (Fsp3) is 0.300. The zero-order valence-corrected chi connectivity index (χ0v) is 18.0. The summed E-state index contributed by atoms with van der Waals surface area (Å²) in [5.41, 5.74) is 0.511. The standard InChI is InChI=1S/C20H18BrF3N6/c1-19(2,3)30-18(27-28-29-30)17(13-6-4-12(11-25)5-7-13)26-14-8-9-15(16(21)10-14)20(22,23)24/h4-10,17,26H,1-3H3. The van der Waals surface area contributed by atoms with Crippen LogP contribution in [0, 0.1) is 11.3 Å². The van der Waals surface area contributed by atoms with Crippen LogP contribution < -0.4 is 5.32 Å². The van der Waals surface area contributed by atoms with E-state index in [4.69, 9.17) is 5.26 Å². The maximum absolute atomic E-state index is 13.1. The number of nitrogens with one attached hydrogen (secondary N) is 1. The molecule has 0 bridgehead atoms. The van der Waals surface area contributed by atoms with Crippen LogP contribution in [0.5, 0.6) is 0 Å². The van der Waals surface area contributed by atoms with Gasteiger partial charge in [-0.3, -0.25) is 0 Å². The molecule has 0 radical (unpaired) electrons. The lowest BCUT2D eigenvalue weighted by Gasteiger charge is -2.25. The molecule has 0 aliphatic carbocycles. The first-order valence-corrected chi connectivity index (χ1v) is 9.72. The molecule has 2 aromatic carbocycles. The van der Waals surface area contributed by atoms with Crippen molar-refractivity contribution >= 4 is 21.6 Å². The quantitative estimate of drug-likeness (QED) is 0.551. The summed E-state index contributed by atoms with van der Waals surface area (Å²) < 4.78 is 40.8. The zero-order chi connectivity index (χ0) is 22.1. The molecule has 1 atom stereocenters. The summed E-state index contributed by atoms with van der Waals surface area (Å²) in [5.74, 6) is 0.489. The van der Waals surface area contributed by atoms with Crippen LogP contribution in [-0.4, -0.2) is 20.2 Å². The Balaban J connectivity index is 2.06. The number of anilines is 1. The van der Waals surface area contributed by atoms with E-state index < -0.39 is 23.3 Å². The van der Waals surface area contributed by atoms with E-state index in [1.807, 2.05) is 20.8 Å². The fourth-order valence-electron chi connectivity index (χ4n) is 2.90. The average molecular weight is 479 g/mol. The first kappa shape index (κ1) is 21.8. The maximum Gasteiger partial charge on any atom is 0.417 e. The van der Waals surface area contributed by atoms with Gasteiger partial charge in [-0.2, -0.15) is 18.4 Å². The molecule has 0 saturated heterocycles. The van der Waals surface area contributed by atoms with Crippen molar-refractivity contribution in [3.8, 4) is 6.07 Å². The summed E-state index contributed by atoms with van der Waals surface area (Å²) in [6, 6.07) is 12.1. The van der Waals surface area contributed by atoms with Gasteiger partial charge in [-0.1, -0.05) is 28.1 Å². The molecular formula is C20H18BrF3N6. The predicted molar refractivity (Wildman–Crippen MR) is 109 cm³/mol. The van der Waals surface area contributed by atoms with Crippen LogP contribution in [0.15, 0.2) is 46.9 Å². The van der Waals surface area contributed by atoms with E-state index in [0.29, 0.717) is 17.1 Å². The molecule has 0 saturated carbocycles. The lowest BCUT2D eigenvalue weighted by atomic mass is 10.0. The SMILES string of the molecule is CC(C)(C)n1nnnc1C(Nc1ccc(C(F)(F)F)c(Br)c1)c1ccc(C#N)cc1. The number of rotatable bonds is 4. The Labute approximate surface area is 179 Å². The number of alkyl halides is 3. The normalized spacial score (nSPS) is 13.0. The number of halogens is 4. The molecule has 0 amide bonds. The van der Waals surface area contributed by atoms with Crippen LogP contribution in [0.3, 0.4) is 0 Å². The highest BCUT2D eigenvalue weighted by Crippen LogP contribution is 2.37. The number of hydrogen-bond donors (Lipinski definition) is 1. The Hall–Kier alpha value is -2.93. The molecule has 0 aliphatic rings. The second-order valence-electron chi connectivity index (χ2n) is 7.62. The van der Waals surface area contributed by atoms with Gasteiger partial charge in [0.1, 0.15) is 6.04 Å². The van der Waals surface area contributed by atoms with Gasteiger partial charge in [-0.05, 0) is 67.1 Å². The van der Waals surface area contributed by atoms with Crippen LogP contribution >= 0.6 is 15.9 Å². The second kappa shape index (κ2) is 8.07. The number of benzene rings is 2. The van der Waals surface area contributed by atoms with Crippen molar-refractivity contribution in [3.05, 3.63) is 69.5 Å². The Morgan fingerprint density at radius 2 is 1.77 bits per heavy atom. The minimum Gasteiger partial charge on any atom is -0.371 e. The van der Waals surface area contributed by atoms with Gasteiger partial charge in [0.15, 0.2) is 5.82 Å². The van der Waals surface area contributed by atoms with Crippen LogP contribution in [0.1, 0.15) is 49.3 Å². The summed E-state index contributed by atoms with van der Waals surface area (Å²) >= 11 is 3.00. The number of nitrogens with zero attached hydrogens (tertiary/aromatic N) is 5. The molecule has 0 aliphatic heterocycles. The molecule has 1 aromatic heterocycles. The van der Waals surface area contributed by atoms with E-state index in [9.17, 15) is 13.2 Å². The highest BCUT2D eigenvalue weighted by molar-refractivity contribution is 9.10. The molecule has 30 heavy (non-hydrogen) atoms. The molecule has 156 valence electrons. The summed E-state index contributed by atoms with van der Waals surface area (Å²) in [6.45, 7) is 5.83. The van der Waals surface area contributed by atoms with E-state index in [2.05, 4.69) is 42.8 Å². The topological polar surface area (TPSA) is 79.4 Å². The number of nitriles is 1. The Morgan fingerprint density at radius 3 is 2.30 bits per heavy atom. The molecule has 3 rings (SSSR count). The predicted octanol–water partition coefficient (Wildman–Crippen LogP) is 5.28. The largest absolute Gasteiger partial charge is 0.417 e. The van der Waals surface area contributed by atoms with Crippen LogP contribution in [0.2, 0.25) is 0 Å². The molecule has 1 heterocycles. The summed E-state index contributed by atoms with van der Waals surface area (Å²) in [7, 11) is 0. The molecule has 1 unspecified atom stereocenters. The fourth-order valence-corrected chi connectivity index (χ4v) is 3.50. The molecule has 10 heteroatoms. The molecule has 0 fully saturated rings. The van der Waals surface area contributed by atoms with Gasteiger partial charge in [-0.25, -0.2) is 4.68 Å². The molecular weight excluding hydrogens is 461 g/mol. The summed E-state index contributed by atoms with van der Waals surface area (Å²) in [6.07, 6.45) is -4.46. The van der Waals surface area contributed by atoms with Crippen molar-refractivity contribution in [1.82, 2.24) is 20.2 Å². The first-order chi connectivity index (χ1) is 14.0. The van der Waals surface area contributed by atoms with Crippen molar-refractivity contribution in [1.29, 1.82) is 5.26 Å². The van der Waals surface area contributed by atoms with Crippen molar-refractivity contribution < 1.29 is 13.2 Å². The lowest BCUT2D eigenvalue weighted by molar-refractivity contribution is -0.138. The Kier molecular flexibility index (Phi) is 5.85. The number of hydrogen-bond acceptors (Lipinski definition) is 5. The van der Waals surface area contributed by atoms with Gasteiger partial charge in [0.05, 0.1) is 22.7 Å². The molecule has 0 spiro atoms. The highest BCUT2D eigenvalue weighted by Gasteiger charge is 2.33. The van der Waals surface area contributed by atoms with Crippen molar-refractivity contribution in [2.24, 2.45) is 0 Å².